The third-order valence-corrected chi connectivity index (χ3v) is 7.25. The Morgan fingerprint density at radius 2 is 1.62 bits per heavy atom. The molecule has 2 amide bonds. The molecule has 2 N–H and O–H groups in total. The van der Waals surface area contributed by atoms with Gasteiger partial charge >= 0.3 is 0 Å². The molecule has 0 saturated heterocycles. The molecular weight excluding hydrogens is 464 g/mol. The number of fused-ring (bicyclic) bond motifs is 1. The Balaban J connectivity index is 1.43. The lowest BCUT2D eigenvalue weighted by Gasteiger charge is -2.16. The first kappa shape index (κ1) is 23.9. The predicted molar refractivity (Wildman–Crippen MR) is 143 cm³/mol. The normalized spacial score (nSPS) is 11.7. The molecule has 0 aliphatic heterocycles. The summed E-state index contributed by atoms with van der Waals surface area (Å²) < 4.78 is 0. The molecule has 4 aromatic rings. The molecule has 0 aromatic heterocycles. The van der Waals surface area contributed by atoms with Crippen molar-refractivity contribution in [3.8, 4) is 0 Å². The first-order chi connectivity index (χ1) is 16.4. The smallest absolute Gasteiger partial charge is 0.255 e. The number of hydrogen-bond donors (Lipinski definition) is 2. The van der Waals surface area contributed by atoms with Crippen LogP contribution < -0.4 is 10.6 Å². The van der Waals surface area contributed by atoms with Crippen molar-refractivity contribution in [2.75, 3.05) is 10.6 Å². The van der Waals surface area contributed by atoms with Crippen LogP contribution in [-0.4, -0.2) is 17.1 Å². The van der Waals surface area contributed by atoms with Gasteiger partial charge in [-0.2, -0.15) is 0 Å². The third-order valence-electron chi connectivity index (χ3n) is 5.48. The molecule has 4 nitrogen and oxygen atoms in total. The van der Waals surface area contributed by atoms with Crippen LogP contribution in [0, 0.1) is 6.92 Å². The molecule has 1 unspecified atom stereocenters. The minimum absolute atomic E-state index is 0.0852. The van der Waals surface area contributed by atoms with Crippen LogP contribution in [0.4, 0.5) is 11.4 Å². The van der Waals surface area contributed by atoms with E-state index in [2.05, 4.69) is 10.6 Å². The van der Waals surface area contributed by atoms with Crippen LogP contribution in [0.2, 0.25) is 5.02 Å². The van der Waals surface area contributed by atoms with Crippen molar-refractivity contribution in [3.63, 3.8) is 0 Å². The fourth-order valence-corrected chi connectivity index (χ4v) is 4.75. The van der Waals surface area contributed by atoms with E-state index in [-0.39, 0.29) is 17.1 Å². The number of thioether (sulfide) groups is 1. The van der Waals surface area contributed by atoms with Gasteiger partial charge in [-0.25, -0.2) is 0 Å². The van der Waals surface area contributed by atoms with Crippen molar-refractivity contribution >= 4 is 57.3 Å². The molecule has 0 aliphatic carbocycles. The summed E-state index contributed by atoms with van der Waals surface area (Å²) in [4.78, 5) is 26.6. The van der Waals surface area contributed by atoms with E-state index in [0.717, 1.165) is 21.2 Å². The van der Waals surface area contributed by atoms with Gasteiger partial charge in [-0.3, -0.25) is 9.59 Å². The fourth-order valence-electron chi connectivity index (χ4n) is 3.56. The zero-order valence-corrected chi connectivity index (χ0v) is 20.5. The molecule has 0 bridgehead atoms. The Bertz CT molecular complexity index is 1360. The standard InChI is InChI=1S/C28H25ClN2O2S/c1-3-26(28(33)31-23-14-11-18(2)25(29)17-23)34-24-10-6-9-22(16-24)30-27(32)21-13-12-19-7-4-5-8-20(19)15-21/h4-17,26H,3H2,1-2H3,(H,30,32)(H,31,33). The van der Waals surface area contributed by atoms with E-state index in [1.54, 1.807) is 6.07 Å². The summed E-state index contributed by atoms with van der Waals surface area (Å²) >= 11 is 7.65. The summed E-state index contributed by atoms with van der Waals surface area (Å²) in [7, 11) is 0. The first-order valence-corrected chi connectivity index (χ1v) is 12.3. The van der Waals surface area contributed by atoms with Crippen LogP contribution in [0.15, 0.2) is 89.8 Å². The van der Waals surface area contributed by atoms with Gasteiger partial charge in [0.15, 0.2) is 0 Å². The van der Waals surface area contributed by atoms with Gasteiger partial charge in [-0.15, -0.1) is 11.8 Å². The number of rotatable bonds is 7. The number of halogens is 1. The molecule has 172 valence electrons. The lowest BCUT2D eigenvalue weighted by molar-refractivity contribution is -0.115. The Hall–Kier alpha value is -3.28. The van der Waals surface area contributed by atoms with E-state index in [1.807, 2.05) is 92.7 Å². The quantitative estimate of drug-likeness (QED) is 0.264. The van der Waals surface area contributed by atoms with Crippen molar-refractivity contribution < 1.29 is 9.59 Å². The number of nitrogens with one attached hydrogen (secondary N) is 2. The van der Waals surface area contributed by atoms with Gasteiger partial charge in [-0.1, -0.05) is 61.0 Å². The zero-order chi connectivity index (χ0) is 24.1. The Kier molecular flexibility index (Phi) is 7.56. The molecule has 6 heteroatoms. The highest BCUT2D eigenvalue weighted by atomic mass is 35.5. The van der Waals surface area contributed by atoms with Gasteiger partial charge in [0.25, 0.3) is 5.91 Å². The van der Waals surface area contributed by atoms with Gasteiger partial charge in [0.05, 0.1) is 5.25 Å². The Labute approximate surface area is 208 Å². The highest BCUT2D eigenvalue weighted by Crippen LogP contribution is 2.29. The van der Waals surface area contributed by atoms with Crippen molar-refractivity contribution in [2.45, 2.75) is 30.4 Å². The number of amides is 2. The molecule has 4 rings (SSSR count). The second-order valence-corrected chi connectivity index (χ2v) is 9.70. The summed E-state index contributed by atoms with van der Waals surface area (Å²) in [5.41, 5.74) is 2.92. The van der Waals surface area contributed by atoms with E-state index in [1.165, 1.54) is 11.8 Å². The number of aryl methyl sites for hydroxylation is 1. The second-order valence-electron chi connectivity index (χ2n) is 8.01. The monoisotopic (exact) mass is 488 g/mol. The van der Waals surface area contributed by atoms with Gasteiger partial charge in [0, 0.05) is 26.9 Å². The molecule has 1 atom stereocenters. The van der Waals surface area contributed by atoms with Crippen LogP contribution >= 0.6 is 23.4 Å². The molecular formula is C28H25ClN2O2S. The summed E-state index contributed by atoms with van der Waals surface area (Å²) in [5, 5.41) is 8.36. The highest BCUT2D eigenvalue weighted by molar-refractivity contribution is 8.00. The molecule has 0 fully saturated rings. The first-order valence-electron chi connectivity index (χ1n) is 11.1. The number of carbonyl (C=O) groups is 2. The highest BCUT2D eigenvalue weighted by Gasteiger charge is 2.19. The van der Waals surface area contributed by atoms with Crippen LogP contribution in [0.3, 0.4) is 0 Å². The maximum Gasteiger partial charge on any atom is 0.255 e. The van der Waals surface area contributed by atoms with Crippen LogP contribution in [0.1, 0.15) is 29.3 Å². The van der Waals surface area contributed by atoms with Crippen molar-refractivity contribution in [1.82, 2.24) is 0 Å². The molecule has 0 aliphatic rings. The topological polar surface area (TPSA) is 58.2 Å². The number of benzene rings is 4. The minimum Gasteiger partial charge on any atom is -0.325 e. The molecule has 4 aromatic carbocycles. The van der Waals surface area contributed by atoms with Crippen molar-refractivity contribution in [1.29, 1.82) is 0 Å². The fraction of sp³-hybridized carbons (Fsp3) is 0.143. The molecule has 0 spiro atoms. The lowest BCUT2D eigenvalue weighted by Crippen LogP contribution is -2.24. The minimum atomic E-state index is -0.286. The van der Waals surface area contributed by atoms with E-state index >= 15 is 0 Å². The van der Waals surface area contributed by atoms with Crippen molar-refractivity contribution in [3.05, 3.63) is 101 Å². The van der Waals surface area contributed by atoms with E-state index in [9.17, 15) is 9.59 Å². The SMILES string of the molecule is CCC(Sc1cccc(NC(=O)c2ccc3ccccc3c2)c1)C(=O)Nc1ccc(C)c(Cl)c1. The van der Waals surface area contributed by atoms with Crippen LogP contribution in [0.5, 0.6) is 0 Å². The van der Waals surface area contributed by atoms with E-state index < -0.39 is 0 Å². The average molecular weight is 489 g/mol. The predicted octanol–water partition coefficient (Wildman–Crippen LogP) is 7.56. The summed E-state index contributed by atoms with van der Waals surface area (Å²) in [6.45, 7) is 3.90. The maximum absolute atomic E-state index is 12.9. The largest absolute Gasteiger partial charge is 0.325 e. The summed E-state index contributed by atoms with van der Waals surface area (Å²) in [6.07, 6.45) is 0.657. The van der Waals surface area contributed by atoms with Gasteiger partial charge in [-0.05, 0) is 72.1 Å². The second kappa shape index (κ2) is 10.8. The maximum atomic E-state index is 12.9. The summed E-state index contributed by atoms with van der Waals surface area (Å²) in [6, 6.07) is 26.6. The third kappa shape index (κ3) is 5.79. The van der Waals surface area contributed by atoms with Gasteiger partial charge in [0.2, 0.25) is 5.91 Å². The van der Waals surface area contributed by atoms with Crippen LogP contribution in [0.25, 0.3) is 10.8 Å². The van der Waals surface area contributed by atoms with E-state index in [4.69, 9.17) is 11.6 Å². The van der Waals surface area contributed by atoms with Crippen LogP contribution in [-0.2, 0) is 4.79 Å². The Morgan fingerprint density at radius 3 is 2.38 bits per heavy atom. The van der Waals surface area contributed by atoms with Gasteiger partial charge in [0.1, 0.15) is 0 Å². The molecule has 0 radical (unpaired) electrons. The Morgan fingerprint density at radius 1 is 0.853 bits per heavy atom. The van der Waals surface area contributed by atoms with Crippen molar-refractivity contribution in [2.24, 2.45) is 0 Å². The van der Waals surface area contributed by atoms with E-state index in [0.29, 0.717) is 28.4 Å². The average Bonchev–Trinajstić information content (AvgIpc) is 2.84. The number of anilines is 2. The van der Waals surface area contributed by atoms with Gasteiger partial charge < -0.3 is 10.6 Å². The zero-order valence-electron chi connectivity index (χ0n) is 19.0. The number of carbonyl (C=O) groups excluding carboxylic acids is 2. The molecule has 34 heavy (non-hydrogen) atoms. The number of hydrogen-bond acceptors (Lipinski definition) is 3. The lowest BCUT2D eigenvalue weighted by atomic mass is 10.1. The summed E-state index contributed by atoms with van der Waals surface area (Å²) in [5.74, 6) is -0.257. The molecule has 0 saturated carbocycles. The molecule has 0 heterocycles.